The van der Waals surface area contributed by atoms with Crippen LogP contribution in [0.15, 0.2) is 53.4 Å². The van der Waals surface area contributed by atoms with Crippen LogP contribution in [0, 0.1) is 5.82 Å². The summed E-state index contributed by atoms with van der Waals surface area (Å²) >= 11 is 5.85. The van der Waals surface area contributed by atoms with Crippen LogP contribution in [0.5, 0.6) is 0 Å². The molecule has 0 aromatic heterocycles. The molecule has 2 amide bonds. The Morgan fingerprint density at radius 1 is 1.03 bits per heavy atom. The minimum absolute atomic E-state index is 0.110. The Labute approximate surface area is 179 Å². The monoisotopic (exact) mass is 453 g/mol. The van der Waals surface area contributed by atoms with Crippen LogP contribution >= 0.6 is 11.6 Å². The van der Waals surface area contributed by atoms with Crippen LogP contribution in [-0.2, 0) is 14.8 Å². The molecule has 3 rings (SSSR count). The Morgan fingerprint density at radius 2 is 1.63 bits per heavy atom. The summed E-state index contributed by atoms with van der Waals surface area (Å²) in [5.41, 5.74) is -0.115. The van der Waals surface area contributed by atoms with Crippen LogP contribution in [0.3, 0.4) is 0 Å². The summed E-state index contributed by atoms with van der Waals surface area (Å²) in [6.45, 7) is 0.573. The fourth-order valence-electron chi connectivity index (χ4n) is 3.14. The van der Waals surface area contributed by atoms with Crippen LogP contribution in [0.25, 0.3) is 0 Å². The Morgan fingerprint density at radius 3 is 2.27 bits per heavy atom. The molecule has 0 atom stereocenters. The predicted octanol–water partition coefficient (Wildman–Crippen LogP) is 2.08. The molecule has 1 aliphatic heterocycles. The van der Waals surface area contributed by atoms with Crippen molar-refractivity contribution in [2.75, 3.05) is 39.8 Å². The van der Waals surface area contributed by atoms with Crippen molar-refractivity contribution in [1.29, 1.82) is 0 Å². The zero-order valence-electron chi connectivity index (χ0n) is 16.3. The molecule has 160 valence electrons. The zero-order valence-corrected chi connectivity index (χ0v) is 17.9. The number of rotatable bonds is 5. The number of halogens is 2. The molecule has 1 heterocycles. The fraction of sp³-hybridized carbons (Fsp3) is 0.300. The number of sulfonamides is 1. The summed E-state index contributed by atoms with van der Waals surface area (Å²) < 4.78 is 40.1. The highest BCUT2D eigenvalue weighted by Gasteiger charge is 2.29. The van der Waals surface area contributed by atoms with Crippen LogP contribution in [0.2, 0.25) is 5.02 Å². The van der Waals surface area contributed by atoms with E-state index < -0.39 is 21.7 Å². The van der Waals surface area contributed by atoms with E-state index in [1.807, 2.05) is 0 Å². The summed E-state index contributed by atoms with van der Waals surface area (Å²) in [6.07, 6.45) is 0. The Hall–Kier alpha value is -2.49. The topological polar surface area (TPSA) is 78.0 Å². The van der Waals surface area contributed by atoms with Gasteiger partial charge in [0.2, 0.25) is 15.9 Å². The molecule has 0 unspecified atom stereocenters. The number of piperazine rings is 1. The third-order valence-electron chi connectivity index (χ3n) is 4.89. The van der Waals surface area contributed by atoms with Gasteiger partial charge >= 0.3 is 0 Å². The quantitative estimate of drug-likeness (QED) is 0.694. The van der Waals surface area contributed by atoms with Crippen LogP contribution in [0.4, 0.5) is 4.39 Å². The van der Waals surface area contributed by atoms with E-state index in [0.29, 0.717) is 0 Å². The lowest BCUT2D eigenvalue weighted by Crippen LogP contribution is -2.52. The van der Waals surface area contributed by atoms with Crippen LogP contribution in [0.1, 0.15) is 10.4 Å². The van der Waals surface area contributed by atoms with Gasteiger partial charge in [0.05, 0.1) is 17.0 Å². The van der Waals surface area contributed by atoms with Crippen molar-refractivity contribution in [2.24, 2.45) is 0 Å². The van der Waals surface area contributed by atoms with Crippen LogP contribution < -0.4 is 0 Å². The molecule has 10 heteroatoms. The maximum Gasteiger partial charge on any atom is 0.257 e. The number of amides is 2. The first kappa shape index (κ1) is 22.2. The van der Waals surface area contributed by atoms with Gasteiger partial charge < -0.3 is 9.80 Å². The molecular weight excluding hydrogens is 433 g/mol. The van der Waals surface area contributed by atoms with E-state index in [0.717, 1.165) is 10.4 Å². The van der Waals surface area contributed by atoms with Gasteiger partial charge in [-0.2, -0.15) is 4.31 Å². The molecule has 1 saturated heterocycles. The summed E-state index contributed by atoms with van der Waals surface area (Å²) in [5.74, 6) is -1.51. The summed E-state index contributed by atoms with van der Waals surface area (Å²) in [4.78, 5) is 28.2. The molecule has 1 aliphatic rings. The van der Waals surface area contributed by atoms with Gasteiger partial charge in [0.15, 0.2) is 0 Å². The number of nitrogens with zero attached hydrogens (tertiary/aromatic N) is 3. The largest absolute Gasteiger partial charge is 0.338 e. The molecule has 0 radical (unpaired) electrons. The first-order chi connectivity index (χ1) is 14.2. The molecule has 0 saturated carbocycles. The van der Waals surface area contributed by atoms with Gasteiger partial charge in [0.1, 0.15) is 5.82 Å². The third kappa shape index (κ3) is 4.80. The van der Waals surface area contributed by atoms with Crippen molar-refractivity contribution in [3.05, 3.63) is 64.9 Å². The lowest BCUT2D eigenvalue weighted by atomic mass is 10.1. The van der Waals surface area contributed by atoms with E-state index in [-0.39, 0.29) is 54.1 Å². The third-order valence-corrected chi connectivity index (χ3v) is 6.94. The molecule has 0 spiro atoms. The molecule has 2 aromatic carbocycles. The SMILES string of the molecule is CN(CC(=O)N1CCN(C(=O)c2cc(Cl)ccc2F)CC1)S(=O)(=O)c1ccccc1. The van der Waals surface area contributed by atoms with Crippen molar-refractivity contribution in [1.82, 2.24) is 14.1 Å². The Kier molecular flexibility index (Phi) is 6.74. The highest BCUT2D eigenvalue weighted by Crippen LogP contribution is 2.18. The molecule has 30 heavy (non-hydrogen) atoms. The minimum Gasteiger partial charge on any atom is -0.338 e. The van der Waals surface area contributed by atoms with Crippen molar-refractivity contribution >= 4 is 33.4 Å². The van der Waals surface area contributed by atoms with Crippen molar-refractivity contribution < 1.29 is 22.4 Å². The molecule has 0 aliphatic carbocycles. The smallest absolute Gasteiger partial charge is 0.257 e. The average molecular weight is 454 g/mol. The van der Waals surface area contributed by atoms with E-state index in [4.69, 9.17) is 11.6 Å². The fourth-order valence-corrected chi connectivity index (χ4v) is 4.45. The molecular formula is C20H21ClFN3O4S. The Balaban J connectivity index is 1.59. The molecule has 7 nitrogen and oxygen atoms in total. The summed E-state index contributed by atoms with van der Waals surface area (Å²) in [7, 11) is -2.43. The maximum absolute atomic E-state index is 13.9. The standard InChI is InChI=1S/C20H21ClFN3O4S/c1-23(30(28,29)16-5-3-2-4-6-16)14-19(26)24-9-11-25(12-10-24)20(27)17-13-15(21)7-8-18(17)22/h2-8,13H,9-12,14H2,1H3. The van der Waals surface area contributed by atoms with Crippen LogP contribution in [-0.4, -0.2) is 74.1 Å². The summed E-state index contributed by atoms with van der Waals surface area (Å²) in [6, 6.07) is 11.7. The van der Waals surface area contributed by atoms with Gasteiger partial charge in [0.25, 0.3) is 5.91 Å². The number of benzene rings is 2. The normalized spacial score (nSPS) is 14.8. The molecule has 1 fully saturated rings. The van der Waals surface area contributed by atoms with Crippen molar-refractivity contribution in [3.63, 3.8) is 0 Å². The van der Waals surface area contributed by atoms with Gasteiger partial charge in [-0.25, -0.2) is 12.8 Å². The second-order valence-electron chi connectivity index (χ2n) is 6.87. The zero-order chi connectivity index (χ0) is 21.9. The van der Waals surface area contributed by atoms with E-state index in [2.05, 4.69) is 0 Å². The summed E-state index contributed by atoms with van der Waals surface area (Å²) in [5, 5.41) is 0.260. The maximum atomic E-state index is 13.9. The Bertz CT molecular complexity index is 1040. The van der Waals surface area contributed by atoms with Crippen molar-refractivity contribution in [2.45, 2.75) is 4.90 Å². The number of carbonyl (C=O) groups is 2. The first-order valence-corrected chi connectivity index (χ1v) is 11.1. The first-order valence-electron chi connectivity index (χ1n) is 9.23. The lowest BCUT2D eigenvalue weighted by Gasteiger charge is -2.35. The number of likely N-dealkylation sites (N-methyl/N-ethyl adjacent to an activating group) is 1. The van der Waals surface area contributed by atoms with E-state index in [9.17, 15) is 22.4 Å². The second-order valence-corrected chi connectivity index (χ2v) is 9.35. The van der Waals surface area contributed by atoms with Crippen molar-refractivity contribution in [3.8, 4) is 0 Å². The highest BCUT2D eigenvalue weighted by molar-refractivity contribution is 7.89. The molecule has 0 bridgehead atoms. The number of carbonyl (C=O) groups excluding carboxylic acids is 2. The van der Waals surface area contributed by atoms with Gasteiger partial charge in [-0.15, -0.1) is 0 Å². The lowest BCUT2D eigenvalue weighted by molar-refractivity contribution is -0.132. The van der Waals surface area contributed by atoms with Gasteiger partial charge in [-0.05, 0) is 30.3 Å². The van der Waals surface area contributed by atoms with Gasteiger partial charge in [-0.3, -0.25) is 9.59 Å². The van der Waals surface area contributed by atoms with E-state index >= 15 is 0 Å². The molecule has 0 N–H and O–H groups in total. The van der Waals surface area contributed by atoms with E-state index in [1.165, 1.54) is 41.1 Å². The predicted molar refractivity (Wildman–Crippen MR) is 110 cm³/mol. The number of hydrogen-bond donors (Lipinski definition) is 0. The van der Waals surface area contributed by atoms with Gasteiger partial charge in [-0.1, -0.05) is 29.8 Å². The highest BCUT2D eigenvalue weighted by atomic mass is 35.5. The average Bonchev–Trinajstić information content (AvgIpc) is 2.75. The second kappa shape index (κ2) is 9.11. The minimum atomic E-state index is -3.77. The van der Waals surface area contributed by atoms with E-state index in [1.54, 1.807) is 18.2 Å². The number of hydrogen-bond acceptors (Lipinski definition) is 4. The molecule has 2 aromatic rings. The van der Waals surface area contributed by atoms with Gasteiger partial charge in [0, 0.05) is 38.2 Å².